The Labute approximate surface area is 167 Å². The van der Waals surface area contributed by atoms with Crippen LogP contribution in [0.4, 0.5) is 39.5 Å². The lowest BCUT2D eigenvalue weighted by Crippen LogP contribution is -2.39. The summed E-state index contributed by atoms with van der Waals surface area (Å²) in [6, 6.07) is 2.18. The Morgan fingerprint density at radius 1 is 0.387 bits per heavy atom. The van der Waals surface area contributed by atoms with Gasteiger partial charge in [-0.2, -0.15) is 13.2 Å². The molecule has 0 heterocycles. The minimum absolute atomic E-state index is 0.353. The number of hydrogen-bond acceptors (Lipinski definition) is 3. The summed E-state index contributed by atoms with van der Waals surface area (Å²) in [7, 11) is -2.86. The first-order valence-electron chi connectivity index (χ1n) is 8.00. The van der Waals surface area contributed by atoms with Crippen LogP contribution in [0.5, 0.6) is 17.2 Å². The van der Waals surface area contributed by atoms with Gasteiger partial charge >= 0.3 is 7.32 Å². The molecule has 3 aromatic carbocycles. The minimum atomic E-state index is -2.86. The Hall–Kier alpha value is -3.51. The lowest BCUT2D eigenvalue weighted by molar-refractivity contribution is 0.262. The molecule has 0 atom stereocenters. The van der Waals surface area contributed by atoms with E-state index in [0.29, 0.717) is 36.4 Å². The zero-order valence-corrected chi connectivity index (χ0v) is 14.7. The van der Waals surface area contributed by atoms with Crippen LogP contribution in [-0.2, 0) is 0 Å². The average molecular weight is 452 g/mol. The molecule has 0 aliphatic rings. The van der Waals surface area contributed by atoms with E-state index >= 15 is 0 Å². The average Bonchev–Trinajstić information content (AvgIpc) is 2.73. The van der Waals surface area contributed by atoms with Gasteiger partial charge in [-0.1, -0.05) is 0 Å². The molecule has 0 aliphatic carbocycles. The van der Waals surface area contributed by atoms with Crippen LogP contribution in [0, 0.1) is 52.4 Å². The Balaban J connectivity index is 2.06. The summed E-state index contributed by atoms with van der Waals surface area (Å²) in [5.74, 6) is -20.4. The summed E-state index contributed by atoms with van der Waals surface area (Å²) in [6.07, 6.45) is 0. The van der Waals surface area contributed by atoms with Gasteiger partial charge in [0.15, 0.2) is 52.2 Å². The molecule has 0 aromatic heterocycles. The lowest BCUT2D eigenvalue weighted by atomic mass is 10.1. The Morgan fingerprint density at radius 3 is 0.871 bits per heavy atom. The number of halogens is 9. The molecular formula is C18H6BF9O3. The quantitative estimate of drug-likeness (QED) is 0.283. The molecule has 0 bridgehead atoms. The van der Waals surface area contributed by atoms with E-state index in [9.17, 15) is 39.5 Å². The van der Waals surface area contributed by atoms with E-state index in [1.165, 1.54) is 0 Å². The van der Waals surface area contributed by atoms with Gasteiger partial charge in [-0.25, -0.2) is 26.3 Å². The predicted octanol–water partition coefficient (Wildman–Crippen LogP) is 5.46. The maximum absolute atomic E-state index is 13.9. The van der Waals surface area contributed by atoms with Gasteiger partial charge in [0, 0.05) is 0 Å². The minimum Gasteiger partial charge on any atom is -0.484 e. The van der Waals surface area contributed by atoms with E-state index in [-0.39, 0.29) is 0 Å². The first kappa shape index (κ1) is 22.2. The third-order valence-electron chi connectivity index (χ3n) is 3.65. The van der Waals surface area contributed by atoms with Crippen LogP contribution in [0.3, 0.4) is 0 Å². The topological polar surface area (TPSA) is 27.7 Å². The summed E-state index contributed by atoms with van der Waals surface area (Å²) in [5.41, 5.74) is 0. The summed E-state index contributed by atoms with van der Waals surface area (Å²) >= 11 is 0. The molecule has 13 heteroatoms. The van der Waals surface area contributed by atoms with E-state index < -0.39 is 76.9 Å². The molecule has 0 radical (unpaired) electrons. The highest BCUT2D eigenvalue weighted by atomic mass is 19.2. The van der Waals surface area contributed by atoms with Gasteiger partial charge in [0.1, 0.15) is 0 Å². The maximum Gasteiger partial charge on any atom is 0.864 e. The predicted molar refractivity (Wildman–Crippen MR) is 86.6 cm³/mol. The number of hydrogen-bond donors (Lipinski definition) is 0. The van der Waals surface area contributed by atoms with Gasteiger partial charge in [0.2, 0.25) is 17.5 Å². The Morgan fingerprint density at radius 2 is 0.613 bits per heavy atom. The van der Waals surface area contributed by atoms with E-state index in [4.69, 9.17) is 0 Å². The molecule has 0 N–H and O–H groups in total. The molecule has 3 nitrogen and oxygen atoms in total. The van der Waals surface area contributed by atoms with E-state index in [1.54, 1.807) is 0 Å². The van der Waals surface area contributed by atoms with E-state index in [1.807, 2.05) is 0 Å². The highest BCUT2D eigenvalue weighted by Gasteiger charge is 2.38. The largest absolute Gasteiger partial charge is 0.864 e. The van der Waals surface area contributed by atoms with Crippen LogP contribution >= 0.6 is 0 Å². The van der Waals surface area contributed by atoms with Gasteiger partial charge in [-0.15, -0.1) is 0 Å². The SMILES string of the molecule is Fc1ccc(F)c(OB(Oc2c(F)ccc(F)c2F)Oc2c(F)ccc(F)c2F)c1F. The van der Waals surface area contributed by atoms with E-state index in [0.717, 1.165) is 0 Å². The van der Waals surface area contributed by atoms with Crippen LogP contribution in [0.25, 0.3) is 0 Å². The maximum atomic E-state index is 13.9. The lowest BCUT2D eigenvalue weighted by Gasteiger charge is -2.18. The Kier molecular flexibility index (Phi) is 6.23. The van der Waals surface area contributed by atoms with Gasteiger partial charge < -0.3 is 14.0 Å². The molecule has 0 spiro atoms. The van der Waals surface area contributed by atoms with Crippen molar-refractivity contribution in [2.24, 2.45) is 0 Å². The van der Waals surface area contributed by atoms with E-state index in [2.05, 4.69) is 14.0 Å². The molecule has 0 amide bonds. The molecule has 0 saturated heterocycles. The summed E-state index contributed by atoms with van der Waals surface area (Å²) in [5, 5.41) is 0. The summed E-state index contributed by atoms with van der Waals surface area (Å²) in [4.78, 5) is 0. The van der Waals surface area contributed by atoms with Gasteiger partial charge in [-0.05, 0) is 36.4 Å². The molecule has 0 saturated carbocycles. The van der Waals surface area contributed by atoms with Crippen molar-refractivity contribution in [1.82, 2.24) is 0 Å². The first-order chi connectivity index (χ1) is 14.6. The summed E-state index contributed by atoms with van der Waals surface area (Å²) in [6.45, 7) is 0. The fraction of sp³-hybridized carbons (Fsp3) is 0. The van der Waals surface area contributed by atoms with Crippen molar-refractivity contribution in [2.45, 2.75) is 0 Å². The van der Waals surface area contributed by atoms with Crippen LogP contribution in [0.15, 0.2) is 36.4 Å². The van der Waals surface area contributed by atoms with Crippen LogP contribution in [0.1, 0.15) is 0 Å². The van der Waals surface area contributed by atoms with Gasteiger partial charge in [0.05, 0.1) is 0 Å². The first-order valence-corrected chi connectivity index (χ1v) is 8.00. The van der Waals surface area contributed by atoms with Crippen LogP contribution in [-0.4, -0.2) is 7.32 Å². The molecule has 162 valence electrons. The van der Waals surface area contributed by atoms with Gasteiger partial charge in [0.25, 0.3) is 0 Å². The monoisotopic (exact) mass is 452 g/mol. The third kappa shape index (κ3) is 4.49. The van der Waals surface area contributed by atoms with Crippen molar-refractivity contribution in [3.05, 3.63) is 88.8 Å². The van der Waals surface area contributed by atoms with Crippen molar-refractivity contribution in [2.75, 3.05) is 0 Å². The summed E-state index contributed by atoms with van der Waals surface area (Å²) < 4.78 is 137. The second kappa shape index (κ2) is 8.70. The van der Waals surface area contributed by atoms with Crippen molar-refractivity contribution in [3.8, 4) is 17.2 Å². The van der Waals surface area contributed by atoms with Crippen molar-refractivity contribution >= 4 is 7.32 Å². The van der Waals surface area contributed by atoms with Crippen molar-refractivity contribution in [3.63, 3.8) is 0 Å². The zero-order chi connectivity index (χ0) is 22.9. The van der Waals surface area contributed by atoms with Gasteiger partial charge in [-0.3, -0.25) is 0 Å². The standard InChI is InChI=1S/C18H6BF9O3/c20-7-1-4-10(23)16(13(7)26)29-19(30-17-11(24)5-2-8(21)14(17)27)31-18-12(25)6-3-9(22)15(18)28/h1-6H. The zero-order valence-electron chi connectivity index (χ0n) is 14.7. The molecule has 3 rings (SSSR count). The van der Waals surface area contributed by atoms with Crippen LogP contribution in [0.2, 0.25) is 0 Å². The second-order valence-corrected chi connectivity index (χ2v) is 5.66. The smallest absolute Gasteiger partial charge is 0.484 e. The third-order valence-corrected chi connectivity index (χ3v) is 3.65. The fourth-order valence-electron chi connectivity index (χ4n) is 2.21. The molecule has 31 heavy (non-hydrogen) atoms. The highest BCUT2D eigenvalue weighted by Crippen LogP contribution is 2.30. The normalized spacial score (nSPS) is 10.7. The van der Waals surface area contributed by atoms with Crippen LogP contribution < -0.4 is 14.0 Å². The second-order valence-electron chi connectivity index (χ2n) is 5.66. The highest BCUT2D eigenvalue weighted by molar-refractivity contribution is 6.39. The van der Waals surface area contributed by atoms with Crippen molar-refractivity contribution < 1.29 is 53.5 Å². The molecule has 0 unspecified atom stereocenters. The molecule has 0 fully saturated rings. The number of rotatable bonds is 6. The fourth-order valence-corrected chi connectivity index (χ4v) is 2.21. The molecule has 3 aromatic rings. The Bertz CT molecular complexity index is 1000. The van der Waals surface area contributed by atoms with Crippen molar-refractivity contribution in [1.29, 1.82) is 0 Å². The molecule has 0 aliphatic heterocycles. The molecular weight excluding hydrogens is 446 g/mol. The number of benzene rings is 3.